The number of carbonyl (C=O) groups excluding carboxylic acids is 1. The van der Waals surface area contributed by atoms with Crippen LogP contribution in [-0.4, -0.2) is 16.9 Å². The first-order valence-corrected chi connectivity index (χ1v) is 4.05. The zero-order valence-corrected chi connectivity index (χ0v) is 7.08. The van der Waals surface area contributed by atoms with Crippen LogP contribution in [0.5, 0.6) is 0 Å². The van der Waals surface area contributed by atoms with Crippen molar-refractivity contribution in [2.75, 3.05) is 0 Å². The molecular weight excluding hydrogens is 156 g/mol. The van der Waals surface area contributed by atoms with E-state index in [4.69, 9.17) is 5.11 Å². The molecule has 68 valence electrons. The topological polar surface area (TPSA) is 54.4 Å². The van der Waals surface area contributed by atoms with Crippen LogP contribution < -0.4 is 0 Å². The molecule has 3 nitrogen and oxygen atoms in total. The summed E-state index contributed by atoms with van der Waals surface area (Å²) in [6.07, 6.45) is 5.45. The van der Waals surface area contributed by atoms with Crippen molar-refractivity contribution in [3.8, 4) is 0 Å². The van der Waals surface area contributed by atoms with Gasteiger partial charge in [0.2, 0.25) is 5.78 Å². The van der Waals surface area contributed by atoms with Crippen molar-refractivity contribution in [1.82, 2.24) is 0 Å². The van der Waals surface area contributed by atoms with E-state index in [1.54, 1.807) is 0 Å². The van der Waals surface area contributed by atoms with Crippen LogP contribution in [0.3, 0.4) is 0 Å². The number of carboxylic acid groups (broad SMARTS) is 1. The summed E-state index contributed by atoms with van der Waals surface area (Å²) in [6, 6.07) is 0. The first-order valence-electron chi connectivity index (χ1n) is 4.05. The fourth-order valence-corrected chi connectivity index (χ4v) is 0.858. The largest absolute Gasteiger partial charge is 0.476 e. The van der Waals surface area contributed by atoms with Crippen LogP contribution in [0.15, 0.2) is 12.7 Å². The van der Waals surface area contributed by atoms with Gasteiger partial charge >= 0.3 is 5.97 Å². The van der Waals surface area contributed by atoms with Crippen molar-refractivity contribution in [2.45, 2.75) is 32.1 Å². The minimum Gasteiger partial charge on any atom is -0.476 e. The van der Waals surface area contributed by atoms with Crippen LogP contribution in [0.4, 0.5) is 0 Å². The number of aliphatic carboxylic acids is 1. The average Bonchev–Trinajstić information content (AvgIpc) is 2.03. The number of Topliss-reactive ketones (excluding diaryl/α,β-unsaturated/α-hetero) is 1. The summed E-state index contributed by atoms with van der Waals surface area (Å²) in [4.78, 5) is 20.6. The van der Waals surface area contributed by atoms with E-state index in [1.807, 2.05) is 6.08 Å². The maximum Gasteiger partial charge on any atom is 0.372 e. The number of carboxylic acids is 1. The zero-order valence-electron chi connectivity index (χ0n) is 7.08. The molecule has 0 aromatic carbocycles. The van der Waals surface area contributed by atoms with Gasteiger partial charge in [-0.05, 0) is 19.3 Å². The lowest BCUT2D eigenvalue weighted by Crippen LogP contribution is -2.11. The quantitative estimate of drug-likeness (QED) is 0.360. The van der Waals surface area contributed by atoms with Gasteiger partial charge in [0, 0.05) is 6.42 Å². The van der Waals surface area contributed by atoms with Gasteiger partial charge in [-0.25, -0.2) is 4.79 Å². The van der Waals surface area contributed by atoms with E-state index in [1.165, 1.54) is 0 Å². The number of carbonyl (C=O) groups is 2. The predicted octanol–water partition coefficient (Wildman–Crippen LogP) is 1.78. The van der Waals surface area contributed by atoms with E-state index in [0.29, 0.717) is 6.42 Å². The second-order valence-electron chi connectivity index (χ2n) is 2.62. The van der Waals surface area contributed by atoms with Gasteiger partial charge in [-0.1, -0.05) is 12.5 Å². The summed E-state index contributed by atoms with van der Waals surface area (Å²) in [5.41, 5.74) is 0. The molecule has 0 radical (unpaired) electrons. The first-order chi connectivity index (χ1) is 5.68. The number of hydrogen-bond donors (Lipinski definition) is 1. The Morgan fingerprint density at radius 2 is 1.92 bits per heavy atom. The summed E-state index contributed by atoms with van der Waals surface area (Å²) >= 11 is 0. The van der Waals surface area contributed by atoms with Gasteiger partial charge in [0.25, 0.3) is 0 Å². The molecule has 0 saturated heterocycles. The van der Waals surface area contributed by atoms with Crippen LogP contribution in [0.25, 0.3) is 0 Å². The van der Waals surface area contributed by atoms with Crippen molar-refractivity contribution < 1.29 is 14.7 Å². The molecule has 12 heavy (non-hydrogen) atoms. The molecule has 3 heteroatoms. The SMILES string of the molecule is C=CCCCCCC(=O)C(=O)O. The average molecular weight is 170 g/mol. The van der Waals surface area contributed by atoms with Crippen LogP contribution in [0.1, 0.15) is 32.1 Å². The van der Waals surface area contributed by atoms with Crippen LogP contribution in [0, 0.1) is 0 Å². The Labute approximate surface area is 72.1 Å². The second-order valence-corrected chi connectivity index (χ2v) is 2.62. The van der Waals surface area contributed by atoms with Crippen LogP contribution >= 0.6 is 0 Å². The summed E-state index contributed by atoms with van der Waals surface area (Å²) in [5.74, 6) is -2.01. The van der Waals surface area contributed by atoms with E-state index in [-0.39, 0.29) is 6.42 Å². The summed E-state index contributed by atoms with van der Waals surface area (Å²) in [6.45, 7) is 3.56. The van der Waals surface area contributed by atoms with Gasteiger partial charge in [0.05, 0.1) is 0 Å². The Kier molecular flexibility index (Phi) is 5.97. The van der Waals surface area contributed by atoms with Gasteiger partial charge in [-0.15, -0.1) is 6.58 Å². The standard InChI is InChI=1S/C9H14O3/c1-2-3-4-5-6-7-8(10)9(11)12/h2H,1,3-7H2,(H,11,12). The molecule has 0 fully saturated rings. The minimum atomic E-state index is -1.32. The predicted molar refractivity (Wildman–Crippen MR) is 45.9 cm³/mol. The van der Waals surface area contributed by atoms with E-state index in [2.05, 4.69) is 6.58 Å². The summed E-state index contributed by atoms with van der Waals surface area (Å²) < 4.78 is 0. The lowest BCUT2D eigenvalue weighted by atomic mass is 10.1. The molecule has 1 N–H and O–H groups in total. The molecule has 0 aromatic heterocycles. The van der Waals surface area contributed by atoms with E-state index >= 15 is 0 Å². The van der Waals surface area contributed by atoms with E-state index < -0.39 is 11.8 Å². The molecule has 0 atom stereocenters. The van der Waals surface area contributed by atoms with Gasteiger partial charge in [0.15, 0.2) is 0 Å². The molecule has 0 aliphatic rings. The van der Waals surface area contributed by atoms with Gasteiger partial charge in [-0.2, -0.15) is 0 Å². The highest BCUT2D eigenvalue weighted by Gasteiger charge is 2.09. The number of hydrogen-bond acceptors (Lipinski definition) is 2. The van der Waals surface area contributed by atoms with Gasteiger partial charge in [0.1, 0.15) is 0 Å². The molecule has 0 aliphatic carbocycles. The third kappa shape index (κ3) is 5.65. The highest BCUT2D eigenvalue weighted by molar-refractivity contribution is 6.32. The van der Waals surface area contributed by atoms with Crippen molar-refractivity contribution in [3.05, 3.63) is 12.7 Å². The summed E-state index contributed by atoms with van der Waals surface area (Å²) in [7, 11) is 0. The zero-order chi connectivity index (χ0) is 9.40. The molecule has 0 aromatic rings. The number of allylic oxidation sites excluding steroid dienone is 1. The van der Waals surface area contributed by atoms with Gasteiger partial charge in [-0.3, -0.25) is 4.79 Å². The van der Waals surface area contributed by atoms with Crippen molar-refractivity contribution in [2.24, 2.45) is 0 Å². The van der Waals surface area contributed by atoms with Crippen molar-refractivity contribution in [1.29, 1.82) is 0 Å². The molecule has 0 saturated carbocycles. The molecule has 0 unspecified atom stereocenters. The third-order valence-corrected chi connectivity index (χ3v) is 1.55. The Morgan fingerprint density at radius 3 is 2.42 bits per heavy atom. The van der Waals surface area contributed by atoms with Crippen molar-refractivity contribution >= 4 is 11.8 Å². The molecule has 0 amide bonds. The lowest BCUT2D eigenvalue weighted by Gasteiger charge is -1.95. The molecular formula is C9H14O3. The fraction of sp³-hybridized carbons (Fsp3) is 0.556. The Hall–Kier alpha value is -1.12. The number of unbranched alkanes of at least 4 members (excludes halogenated alkanes) is 3. The highest BCUT2D eigenvalue weighted by Crippen LogP contribution is 2.03. The fourth-order valence-electron chi connectivity index (χ4n) is 0.858. The maximum absolute atomic E-state index is 10.6. The highest BCUT2D eigenvalue weighted by atomic mass is 16.4. The number of rotatable bonds is 7. The van der Waals surface area contributed by atoms with Gasteiger partial charge < -0.3 is 5.11 Å². The maximum atomic E-state index is 10.6. The Bertz CT molecular complexity index is 173. The van der Waals surface area contributed by atoms with Crippen LogP contribution in [-0.2, 0) is 9.59 Å². The first kappa shape index (κ1) is 10.9. The summed E-state index contributed by atoms with van der Waals surface area (Å²) in [5, 5.41) is 8.22. The normalized spacial score (nSPS) is 9.33. The molecule has 0 heterocycles. The Balaban J connectivity index is 3.25. The number of ketones is 1. The monoisotopic (exact) mass is 170 g/mol. The molecule has 0 spiro atoms. The lowest BCUT2D eigenvalue weighted by molar-refractivity contribution is -0.149. The third-order valence-electron chi connectivity index (χ3n) is 1.55. The molecule has 0 rings (SSSR count). The Morgan fingerprint density at radius 1 is 1.25 bits per heavy atom. The molecule has 0 bridgehead atoms. The second kappa shape index (κ2) is 6.58. The minimum absolute atomic E-state index is 0.159. The smallest absolute Gasteiger partial charge is 0.372 e. The van der Waals surface area contributed by atoms with Crippen molar-refractivity contribution in [3.63, 3.8) is 0 Å². The van der Waals surface area contributed by atoms with E-state index in [9.17, 15) is 9.59 Å². The van der Waals surface area contributed by atoms with Crippen LogP contribution in [0.2, 0.25) is 0 Å². The van der Waals surface area contributed by atoms with E-state index in [0.717, 1.165) is 19.3 Å². The molecule has 0 aliphatic heterocycles.